The van der Waals surface area contributed by atoms with E-state index in [2.05, 4.69) is 20.5 Å². The molecule has 4 rings (SSSR count). The maximum Gasteiger partial charge on any atom is 0.433 e. The fourth-order valence-electron chi connectivity index (χ4n) is 3.20. The highest BCUT2D eigenvalue weighted by Gasteiger charge is 2.36. The number of halogens is 3. The molecule has 33 heavy (non-hydrogen) atoms. The Morgan fingerprint density at radius 2 is 2.00 bits per heavy atom. The Labute approximate surface area is 189 Å². The molecule has 3 N–H and O–H groups in total. The number of nitrogens with two attached hydrogens (primary N) is 1. The van der Waals surface area contributed by atoms with Crippen LogP contribution < -0.4 is 11.1 Å². The lowest BCUT2D eigenvalue weighted by atomic mass is 10.2. The van der Waals surface area contributed by atoms with E-state index in [0.29, 0.717) is 15.9 Å². The largest absolute Gasteiger partial charge is 0.433 e. The van der Waals surface area contributed by atoms with Gasteiger partial charge in [0, 0.05) is 17.6 Å². The summed E-state index contributed by atoms with van der Waals surface area (Å²) in [6.45, 7) is 4.12. The first kappa shape index (κ1) is 22.5. The zero-order valence-electron chi connectivity index (χ0n) is 17.5. The Kier molecular flexibility index (Phi) is 5.66. The second-order valence-corrected chi connectivity index (χ2v) is 8.17. The van der Waals surface area contributed by atoms with Crippen molar-refractivity contribution >= 4 is 34.5 Å². The van der Waals surface area contributed by atoms with Gasteiger partial charge in [0.25, 0.3) is 11.8 Å². The second-order valence-electron chi connectivity index (χ2n) is 7.00. The molecule has 0 atom stereocenters. The van der Waals surface area contributed by atoms with Crippen LogP contribution in [0.25, 0.3) is 16.2 Å². The lowest BCUT2D eigenvalue weighted by Crippen LogP contribution is -2.18. The molecule has 0 aliphatic carbocycles. The summed E-state index contributed by atoms with van der Waals surface area (Å²) in [4.78, 5) is 30.4. The third-order valence-corrected chi connectivity index (χ3v) is 6.09. The fourth-order valence-corrected chi connectivity index (χ4v) is 4.11. The lowest BCUT2D eigenvalue weighted by molar-refractivity contribution is -0.142. The summed E-state index contributed by atoms with van der Waals surface area (Å²) in [5.41, 5.74) is 3.72. The molecule has 0 spiro atoms. The van der Waals surface area contributed by atoms with Gasteiger partial charge in [0.2, 0.25) is 0 Å². The molecule has 0 saturated carbocycles. The number of amides is 2. The molecule has 4 heterocycles. The highest BCUT2D eigenvalue weighted by atomic mass is 32.1. The van der Waals surface area contributed by atoms with Gasteiger partial charge >= 0.3 is 6.18 Å². The number of nitrogens with one attached hydrogen (secondary N) is 1. The van der Waals surface area contributed by atoms with Crippen molar-refractivity contribution in [2.75, 3.05) is 5.32 Å². The van der Waals surface area contributed by atoms with Gasteiger partial charge in [-0.05, 0) is 31.5 Å². The number of rotatable bonds is 6. The SMILES string of the molecule is CCc1ccc(-c2cc(C(F)(F)F)n3ncc(C(=O)Nc4cn(CC)nc4C(N)=O)c3n2)s1. The first-order chi connectivity index (χ1) is 15.6. The Hall–Kier alpha value is -3.74. The molecule has 13 heteroatoms. The van der Waals surface area contributed by atoms with E-state index in [1.54, 1.807) is 13.0 Å². The topological polar surface area (TPSA) is 120 Å². The molecule has 0 radical (unpaired) electrons. The predicted octanol–water partition coefficient (Wildman–Crippen LogP) is 3.61. The molecule has 9 nitrogen and oxygen atoms in total. The van der Waals surface area contributed by atoms with Gasteiger partial charge in [0.05, 0.1) is 22.5 Å². The zero-order chi connectivity index (χ0) is 23.9. The van der Waals surface area contributed by atoms with E-state index in [1.807, 2.05) is 13.0 Å². The minimum atomic E-state index is -4.73. The minimum absolute atomic E-state index is 0.0340. The molecular formula is C20H18F3N7O2S. The van der Waals surface area contributed by atoms with Crippen molar-refractivity contribution in [2.24, 2.45) is 5.73 Å². The quantitative estimate of drug-likeness (QED) is 0.440. The van der Waals surface area contributed by atoms with Crippen LogP contribution in [0, 0.1) is 0 Å². The summed E-state index contributed by atoms with van der Waals surface area (Å²) in [5, 5.41) is 10.2. The molecule has 0 fully saturated rings. The van der Waals surface area contributed by atoms with Crippen LogP contribution in [-0.2, 0) is 19.1 Å². The summed E-state index contributed by atoms with van der Waals surface area (Å²) in [7, 11) is 0. The Morgan fingerprint density at radius 3 is 2.61 bits per heavy atom. The van der Waals surface area contributed by atoms with E-state index in [4.69, 9.17) is 5.73 Å². The van der Waals surface area contributed by atoms with Crippen LogP contribution in [0.3, 0.4) is 0 Å². The van der Waals surface area contributed by atoms with Crippen LogP contribution in [-0.4, -0.2) is 36.2 Å². The molecular weight excluding hydrogens is 459 g/mol. The van der Waals surface area contributed by atoms with Crippen molar-refractivity contribution < 1.29 is 22.8 Å². The van der Waals surface area contributed by atoms with Crippen molar-refractivity contribution in [1.29, 1.82) is 0 Å². The molecule has 2 amide bonds. The number of aromatic nitrogens is 5. The number of nitrogens with zero attached hydrogens (tertiary/aromatic N) is 5. The van der Waals surface area contributed by atoms with E-state index >= 15 is 0 Å². The minimum Gasteiger partial charge on any atom is -0.364 e. The molecule has 0 aliphatic rings. The average molecular weight is 477 g/mol. The highest BCUT2D eigenvalue weighted by molar-refractivity contribution is 7.15. The monoisotopic (exact) mass is 477 g/mol. The number of anilines is 1. The van der Waals surface area contributed by atoms with Crippen LogP contribution in [0.4, 0.5) is 18.9 Å². The Bertz CT molecular complexity index is 1370. The van der Waals surface area contributed by atoms with Gasteiger partial charge in [-0.25, -0.2) is 9.50 Å². The standard InChI is InChI=1S/C20H18F3N7O2S/c1-3-10-5-6-14(33-10)12-7-15(20(21,22)23)30-18(26-12)11(8-25-30)19(32)27-13-9-29(4-2)28-16(13)17(24)31/h5-9H,3-4H2,1-2H3,(H2,24,31)(H,27,32). The number of carbonyl (C=O) groups excluding carboxylic acids is 2. The van der Waals surface area contributed by atoms with Crippen LogP contribution >= 0.6 is 11.3 Å². The molecule has 0 bridgehead atoms. The highest BCUT2D eigenvalue weighted by Crippen LogP contribution is 2.35. The summed E-state index contributed by atoms with van der Waals surface area (Å²) < 4.78 is 43.3. The number of primary amides is 1. The van der Waals surface area contributed by atoms with E-state index in [0.717, 1.165) is 23.6 Å². The molecule has 4 aromatic rings. The summed E-state index contributed by atoms with van der Waals surface area (Å²) in [6.07, 6.45) is -1.60. The van der Waals surface area contributed by atoms with Crippen LogP contribution in [0.5, 0.6) is 0 Å². The number of hydrogen-bond acceptors (Lipinski definition) is 6. The molecule has 4 aromatic heterocycles. The van der Waals surface area contributed by atoms with E-state index in [-0.39, 0.29) is 28.3 Å². The zero-order valence-corrected chi connectivity index (χ0v) is 18.3. The van der Waals surface area contributed by atoms with Gasteiger partial charge in [0.1, 0.15) is 5.56 Å². The fraction of sp³-hybridized carbons (Fsp3) is 0.250. The van der Waals surface area contributed by atoms with E-state index in [9.17, 15) is 22.8 Å². The molecule has 0 unspecified atom stereocenters. The van der Waals surface area contributed by atoms with Crippen molar-refractivity contribution in [3.8, 4) is 10.6 Å². The number of aryl methyl sites for hydroxylation is 2. The van der Waals surface area contributed by atoms with Crippen LogP contribution in [0.2, 0.25) is 0 Å². The van der Waals surface area contributed by atoms with Gasteiger partial charge in [-0.2, -0.15) is 23.4 Å². The van der Waals surface area contributed by atoms with Crippen molar-refractivity contribution in [2.45, 2.75) is 33.0 Å². The molecule has 0 aliphatic heterocycles. The smallest absolute Gasteiger partial charge is 0.364 e. The molecule has 0 aromatic carbocycles. The third-order valence-electron chi connectivity index (χ3n) is 4.84. The molecule has 0 saturated heterocycles. The van der Waals surface area contributed by atoms with Gasteiger partial charge in [-0.1, -0.05) is 6.92 Å². The van der Waals surface area contributed by atoms with E-state index < -0.39 is 23.7 Å². The van der Waals surface area contributed by atoms with Crippen LogP contribution in [0.1, 0.15) is 45.3 Å². The summed E-state index contributed by atoms with van der Waals surface area (Å²) in [6, 6.07) is 4.42. The van der Waals surface area contributed by atoms with Crippen molar-refractivity contribution in [3.63, 3.8) is 0 Å². The number of fused-ring (bicyclic) bond motifs is 1. The predicted molar refractivity (Wildman–Crippen MR) is 115 cm³/mol. The number of hydrogen-bond donors (Lipinski definition) is 2. The van der Waals surface area contributed by atoms with Crippen molar-refractivity contribution in [3.05, 3.63) is 52.4 Å². The normalized spacial score (nSPS) is 11.8. The van der Waals surface area contributed by atoms with Gasteiger partial charge < -0.3 is 11.1 Å². The Balaban J connectivity index is 1.82. The number of thiophene rings is 1. The maximum atomic E-state index is 13.8. The molecule has 172 valence electrons. The second kappa shape index (κ2) is 8.31. The first-order valence-electron chi connectivity index (χ1n) is 9.86. The number of carbonyl (C=O) groups is 2. The van der Waals surface area contributed by atoms with Gasteiger partial charge in [0.15, 0.2) is 17.0 Å². The van der Waals surface area contributed by atoms with Crippen molar-refractivity contribution in [1.82, 2.24) is 24.4 Å². The third kappa shape index (κ3) is 4.18. The first-order valence-corrected chi connectivity index (χ1v) is 10.7. The van der Waals surface area contributed by atoms with Crippen LogP contribution in [0.15, 0.2) is 30.6 Å². The lowest BCUT2D eigenvalue weighted by Gasteiger charge is -2.11. The summed E-state index contributed by atoms with van der Waals surface area (Å²) >= 11 is 1.32. The maximum absolute atomic E-state index is 13.8. The van der Waals surface area contributed by atoms with Gasteiger partial charge in [-0.3, -0.25) is 14.3 Å². The Morgan fingerprint density at radius 1 is 1.24 bits per heavy atom. The summed E-state index contributed by atoms with van der Waals surface area (Å²) in [5.74, 6) is -1.66. The van der Waals surface area contributed by atoms with E-state index in [1.165, 1.54) is 22.2 Å². The number of alkyl halides is 3. The van der Waals surface area contributed by atoms with Gasteiger partial charge in [-0.15, -0.1) is 11.3 Å². The average Bonchev–Trinajstić information content (AvgIpc) is 3.49.